The van der Waals surface area contributed by atoms with E-state index >= 15 is 0 Å². The number of carbonyl (C=O) groups is 1. The van der Waals surface area contributed by atoms with E-state index in [1.54, 1.807) is 58.1 Å². The van der Waals surface area contributed by atoms with Crippen molar-refractivity contribution in [2.45, 2.75) is 6.54 Å². The minimum absolute atomic E-state index is 0.219. The Kier molecular flexibility index (Phi) is 5.01. The number of rotatable bonds is 7. The Bertz CT molecular complexity index is 1200. The number of methoxy groups -OCH3 is 3. The van der Waals surface area contributed by atoms with Gasteiger partial charge in [0.1, 0.15) is 17.8 Å². The number of fused-ring (bicyclic) bond motifs is 1. The van der Waals surface area contributed by atoms with Gasteiger partial charge in [-0.15, -0.1) is 0 Å². The molecule has 30 heavy (non-hydrogen) atoms. The Morgan fingerprint density at radius 3 is 2.47 bits per heavy atom. The summed E-state index contributed by atoms with van der Waals surface area (Å²) in [6.07, 6.45) is 4.92. The van der Waals surface area contributed by atoms with Gasteiger partial charge in [0.25, 0.3) is 0 Å². The number of carboxylic acid groups (broad SMARTS) is 1. The summed E-state index contributed by atoms with van der Waals surface area (Å²) >= 11 is 0. The summed E-state index contributed by atoms with van der Waals surface area (Å²) in [6, 6.07) is 7.21. The predicted molar refractivity (Wildman–Crippen MR) is 108 cm³/mol. The van der Waals surface area contributed by atoms with Gasteiger partial charge in [-0.2, -0.15) is 5.10 Å². The molecule has 0 spiro atoms. The van der Waals surface area contributed by atoms with E-state index in [4.69, 9.17) is 23.7 Å². The zero-order valence-electron chi connectivity index (χ0n) is 16.6. The highest BCUT2D eigenvalue weighted by Gasteiger charge is 2.18. The largest absolute Gasteiger partial charge is 0.493 e. The Balaban J connectivity index is 1.81. The van der Waals surface area contributed by atoms with E-state index in [1.807, 2.05) is 6.07 Å². The quantitative estimate of drug-likeness (QED) is 0.494. The third-order valence-electron chi connectivity index (χ3n) is 4.60. The van der Waals surface area contributed by atoms with Crippen molar-refractivity contribution < 1.29 is 28.5 Å². The molecule has 0 radical (unpaired) electrons. The molecule has 154 valence electrons. The van der Waals surface area contributed by atoms with Crippen LogP contribution in [0.2, 0.25) is 0 Å². The first-order chi connectivity index (χ1) is 14.5. The van der Waals surface area contributed by atoms with Gasteiger partial charge in [-0.25, -0.2) is 0 Å². The van der Waals surface area contributed by atoms with Gasteiger partial charge in [-0.1, -0.05) is 0 Å². The number of hydrogen-bond acceptors (Lipinski definition) is 7. The first kappa shape index (κ1) is 19.3. The molecule has 0 amide bonds. The number of hydrogen-bond donors (Lipinski definition) is 1. The van der Waals surface area contributed by atoms with Crippen LogP contribution in [0.15, 0.2) is 47.3 Å². The van der Waals surface area contributed by atoms with Crippen LogP contribution in [0.4, 0.5) is 0 Å². The zero-order chi connectivity index (χ0) is 21.3. The number of nitrogens with zero attached hydrogens (tertiary/aromatic N) is 3. The van der Waals surface area contributed by atoms with Crippen LogP contribution in [0.25, 0.3) is 33.6 Å². The number of benzene rings is 1. The van der Waals surface area contributed by atoms with Crippen LogP contribution in [0.1, 0.15) is 0 Å². The van der Waals surface area contributed by atoms with Crippen LogP contribution in [0, 0.1) is 0 Å². The molecule has 1 aromatic carbocycles. The Hall–Kier alpha value is -4.01. The molecule has 9 heteroatoms. The van der Waals surface area contributed by atoms with Crippen molar-refractivity contribution in [3.8, 4) is 39.7 Å². The average molecular weight is 409 g/mol. The highest BCUT2D eigenvalue weighted by Crippen LogP contribution is 2.42. The van der Waals surface area contributed by atoms with Gasteiger partial charge >= 0.3 is 5.97 Å². The van der Waals surface area contributed by atoms with E-state index in [1.165, 1.54) is 4.68 Å². The highest BCUT2D eigenvalue weighted by molar-refractivity contribution is 5.92. The zero-order valence-corrected chi connectivity index (χ0v) is 16.6. The van der Waals surface area contributed by atoms with E-state index < -0.39 is 5.97 Å². The van der Waals surface area contributed by atoms with Crippen LogP contribution in [0.5, 0.6) is 17.2 Å². The lowest BCUT2D eigenvalue weighted by Gasteiger charge is -2.13. The lowest BCUT2D eigenvalue weighted by Crippen LogP contribution is -2.08. The van der Waals surface area contributed by atoms with E-state index in [0.717, 1.165) is 16.7 Å². The summed E-state index contributed by atoms with van der Waals surface area (Å²) in [7, 11) is 4.64. The average Bonchev–Trinajstić information content (AvgIpc) is 3.38. The molecule has 3 heterocycles. The second-order valence-electron chi connectivity index (χ2n) is 6.42. The molecule has 0 aliphatic carbocycles. The molecular formula is C21H19N3O6. The van der Waals surface area contributed by atoms with Gasteiger partial charge in [0.15, 0.2) is 17.1 Å². The van der Waals surface area contributed by atoms with Gasteiger partial charge in [0, 0.05) is 35.2 Å². The lowest BCUT2D eigenvalue weighted by atomic mass is 10.1. The maximum atomic E-state index is 10.9. The summed E-state index contributed by atoms with van der Waals surface area (Å²) < 4.78 is 23.7. The summed E-state index contributed by atoms with van der Waals surface area (Å²) in [6.45, 7) is -0.219. The molecule has 0 fully saturated rings. The second-order valence-corrected chi connectivity index (χ2v) is 6.42. The predicted octanol–water partition coefficient (Wildman–Crippen LogP) is 3.47. The molecule has 0 atom stereocenters. The van der Waals surface area contributed by atoms with Crippen LogP contribution in [-0.2, 0) is 11.3 Å². The third kappa shape index (κ3) is 3.41. The van der Waals surface area contributed by atoms with Crippen molar-refractivity contribution >= 4 is 17.1 Å². The van der Waals surface area contributed by atoms with Gasteiger partial charge in [0.05, 0.1) is 27.5 Å². The van der Waals surface area contributed by atoms with Gasteiger partial charge in [-0.05, 0) is 18.2 Å². The molecule has 0 saturated heterocycles. The second kappa shape index (κ2) is 7.78. The fourth-order valence-electron chi connectivity index (χ4n) is 3.26. The Morgan fingerprint density at radius 1 is 1.10 bits per heavy atom. The molecule has 4 aromatic rings. The molecule has 0 bridgehead atoms. The maximum absolute atomic E-state index is 10.9. The molecular weight excluding hydrogens is 390 g/mol. The first-order valence-electron chi connectivity index (χ1n) is 8.97. The van der Waals surface area contributed by atoms with E-state index in [9.17, 15) is 4.79 Å². The summed E-state index contributed by atoms with van der Waals surface area (Å²) in [5.74, 6) is 1.12. The van der Waals surface area contributed by atoms with Crippen molar-refractivity contribution in [1.29, 1.82) is 0 Å². The van der Waals surface area contributed by atoms with Crippen molar-refractivity contribution in [3.63, 3.8) is 0 Å². The number of aliphatic carboxylic acids is 1. The van der Waals surface area contributed by atoms with Crippen LogP contribution in [0.3, 0.4) is 0 Å². The molecule has 4 rings (SSSR count). The number of aromatic nitrogens is 3. The summed E-state index contributed by atoms with van der Waals surface area (Å²) in [4.78, 5) is 15.3. The topological polar surface area (TPSA) is 109 Å². The summed E-state index contributed by atoms with van der Waals surface area (Å²) in [5, 5.41) is 13.0. The SMILES string of the molecule is COc1cc(-c2cc3nccc(-c4cnn(CC(=O)O)c4)c3o2)cc(OC)c1OC. The van der Waals surface area contributed by atoms with Crippen molar-refractivity contribution in [2.75, 3.05) is 21.3 Å². The van der Waals surface area contributed by atoms with Crippen LogP contribution in [-0.4, -0.2) is 47.2 Å². The molecule has 3 aromatic heterocycles. The fraction of sp³-hybridized carbons (Fsp3) is 0.190. The van der Waals surface area contributed by atoms with Crippen molar-refractivity contribution in [2.24, 2.45) is 0 Å². The molecule has 9 nitrogen and oxygen atoms in total. The van der Waals surface area contributed by atoms with Crippen molar-refractivity contribution in [3.05, 3.63) is 42.9 Å². The standard InChI is InChI=1S/C21H19N3O6/c1-27-17-6-12(7-18(28-2)21(17)29-3)16-8-15-20(30-16)14(4-5-22-15)13-9-23-24(10-13)11-19(25)26/h4-10H,11H2,1-3H3,(H,25,26). The monoisotopic (exact) mass is 409 g/mol. The highest BCUT2D eigenvalue weighted by atomic mass is 16.5. The van der Waals surface area contributed by atoms with Crippen LogP contribution < -0.4 is 14.2 Å². The molecule has 1 N–H and O–H groups in total. The molecule has 0 unspecified atom stereocenters. The minimum Gasteiger partial charge on any atom is -0.493 e. The van der Waals surface area contributed by atoms with Gasteiger partial charge < -0.3 is 23.7 Å². The number of carboxylic acids is 1. The van der Waals surface area contributed by atoms with E-state index in [-0.39, 0.29) is 6.54 Å². The van der Waals surface area contributed by atoms with E-state index in [0.29, 0.717) is 34.1 Å². The molecule has 0 saturated carbocycles. The normalized spacial score (nSPS) is 10.9. The van der Waals surface area contributed by atoms with Gasteiger partial charge in [-0.3, -0.25) is 14.5 Å². The lowest BCUT2D eigenvalue weighted by molar-refractivity contribution is -0.137. The molecule has 0 aliphatic heterocycles. The number of furan rings is 1. The first-order valence-corrected chi connectivity index (χ1v) is 8.97. The Labute approximate surface area is 171 Å². The van der Waals surface area contributed by atoms with Gasteiger partial charge in [0.2, 0.25) is 5.75 Å². The smallest absolute Gasteiger partial charge is 0.325 e. The minimum atomic E-state index is -0.966. The van der Waals surface area contributed by atoms with Crippen molar-refractivity contribution in [1.82, 2.24) is 14.8 Å². The summed E-state index contributed by atoms with van der Waals surface area (Å²) in [5.41, 5.74) is 3.44. The third-order valence-corrected chi connectivity index (χ3v) is 4.60. The number of ether oxygens (including phenoxy) is 3. The fourth-order valence-corrected chi connectivity index (χ4v) is 3.26. The number of pyridine rings is 1. The van der Waals surface area contributed by atoms with E-state index in [2.05, 4.69) is 10.1 Å². The Morgan fingerprint density at radius 2 is 1.83 bits per heavy atom. The maximum Gasteiger partial charge on any atom is 0.325 e. The molecule has 0 aliphatic rings. The van der Waals surface area contributed by atoms with Crippen LogP contribution >= 0.6 is 0 Å².